The molecule has 3 heteroatoms. The van der Waals surface area contributed by atoms with E-state index in [1.165, 1.54) is 25.7 Å². The predicted molar refractivity (Wildman–Crippen MR) is 58.6 cm³/mol. The summed E-state index contributed by atoms with van der Waals surface area (Å²) in [6.07, 6.45) is 5.56. The van der Waals surface area contributed by atoms with Gasteiger partial charge in [0.2, 0.25) is 0 Å². The number of nitrogens with one attached hydrogen (secondary N) is 1. The molecule has 2 rings (SSSR count). The first-order valence-corrected chi connectivity index (χ1v) is 5.78. The van der Waals surface area contributed by atoms with Gasteiger partial charge in [-0.05, 0) is 43.6 Å². The zero-order valence-corrected chi connectivity index (χ0v) is 9.04. The SMILES string of the molecule is C=C(CNCC1CC2CCC1C2)C(=O)O. The minimum Gasteiger partial charge on any atom is -0.478 e. The molecule has 2 fully saturated rings. The molecular weight excluding hydrogens is 190 g/mol. The molecule has 84 valence electrons. The van der Waals surface area contributed by atoms with Gasteiger partial charge < -0.3 is 10.4 Å². The van der Waals surface area contributed by atoms with Gasteiger partial charge in [-0.3, -0.25) is 0 Å². The van der Waals surface area contributed by atoms with Crippen molar-refractivity contribution in [1.82, 2.24) is 5.32 Å². The maximum absolute atomic E-state index is 10.5. The van der Waals surface area contributed by atoms with E-state index in [-0.39, 0.29) is 5.57 Å². The van der Waals surface area contributed by atoms with E-state index in [0.29, 0.717) is 6.54 Å². The van der Waals surface area contributed by atoms with E-state index in [0.717, 1.165) is 24.3 Å². The zero-order valence-electron chi connectivity index (χ0n) is 9.04. The monoisotopic (exact) mass is 209 g/mol. The van der Waals surface area contributed by atoms with E-state index in [4.69, 9.17) is 5.11 Å². The highest BCUT2D eigenvalue weighted by Gasteiger charge is 2.38. The maximum Gasteiger partial charge on any atom is 0.332 e. The van der Waals surface area contributed by atoms with Crippen molar-refractivity contribution < 1.29 is 9.90 Å². The average Bonchev–Trinajstić information content (AvgIpc) is 2.78. The molecule has 0 aliphatic heterocycles. The quantitative estimate of drug-likeness (QED) is 0.677. The normalized spacial score (nSPS) is 33.2. The minimum absolute atomic E-state index is 0.262. The topological polar surface area (TPSA) is 49.3 Å². The van der Waals surface area contributed by atoms with Gasteiger partial charge in [0.05, 0.1) is 0 Å². The first-order chi connectivity index (χ1) is 7.16. The van der Waals surface area contributed by atoms with Gasteiger partial charge in [-0.25, -0.2) is 4.79 Å². The molecule has 0 saturated heterocycles. The van der Waals surface area contributed by atoms with Crippen molar-refractivity contribution >= 4 is 5.97 Å². The molecule has 0 aromatic carbocycles. The fraction of sp³-hybridized carbons (Fsp3) is 0.750. The van der Waals surface area contributed by atoms with Crippen molar-refractivity contribution in [3.05, 3.63) is 12.2 Å². The molecule has 2 saturated carbocycles. The van der Waals surface area contributed by atoms with Crippen molar-refractivity contribution in [1.29, 1.82) is 0 Å². The molecule has 0 spiro atoms. The molecule has 0 amide bonds. The number of aliphatic carboxylic acids is 1. The molecule has 2 N–H and O–H groups in total. The van der Waals surface area contributed by atoms with E-state index in [1.807, 2.05) is 0 Å². The Balaban J connectivity index is 1.67. The number of carboxylic acids is 1. The Morgan fingerprint density at radius 2 is 2.20 bits per heavy atom. The van der Waals surface area contributed by atoms with Crippen LogP contribution >= 0.6 is 0 Å². The number of carbonyl (C=O) groups is 1. The summed E-state index contributed by atoms with van der Waals surface area (Å²) in [6, 6.07) is 0. The fourth-order valence-electron chi connectivity index (χ4n) is 3.11. The second-order valence-corrected chi connectivity index (χ2v) is 4.97. The lowest BCUT2D eigenvalue weighted by atomic mass is 9.89. The van der Waals surface area contributed by atoms with Crippen LogP contribution < -0.4 is 5.32 Å². The van der Waals surface area contributed by atoms with Crippen LogP contribution in [0.4, 0.5) is 0 Å². The van der Waals surface area contributed by atoms with Crippen LogP contribution in [0.2, 0.25) is 0 Å². The second kappa shape index (κ2) is 4.35. The molecule has 2 aliphatic rings. The largest absolute Gasteiger partial charge is 0.478 e. The Kier molecular flexibility index (Phi) is 3.10. The van der Waals surface area contributed by atoms with Gasteiger partial charge >= 0.3 is 5.97 Å². The first-order valence-electron chi connectivity index (χ1n) is 5.78. The highest BCUT2D eigenvalue weighted by molar-refractivity contribution is 5.86. The first kappa shape index (κ1) is 10.7. The van der Waals surface area contributed by atoms with Gasteiger partial charge in [0, 0.05) is 12.1 Å². The summed E-state index contributed by atoms with van der Waals surface area (Å²) < 4.78 is 0. The van der Waals surface area contributed by atoms with Gasteiger partial charge in [0.15, 0.2) is 0 Å². The molecule has 0 aromatic rings. The van der Waals surface area contributed by atoms with Crippen molar-refractivity contribution in [3.63, 3.8) is 0 Å². The maximum atomic E-state index is 10.5. The summed E-state index contributed by atoms with van der Waals surface area (Å²) in [4.78, 5) is 10.5. The lowest BCUT2D eigenvalue weighted by Gasteiger charge is -2.21. The van der Waals surface area contributed by atoms with Gasteiger partial charge in [-0.15, -0.1) is 0 Å². The molecule has 0 radical (unpaired) electrons. The molecule has 3 atom stereocenters. The summed E-state index contributed by atoms with van der Waals surface area (Å²) >= 11 is 0. The van der Waals surface area contributed by atoms with E-state index in [9.17, 15) is 4.79 Å². The van der Waals surface area contributed by atoms with Gasteiger partial charge in [-0.1, -0.05) is 13.0 Å². The van der Waals surface area contributed by atoms with Crippen molar-refractivity contribution in [2.24, 2.45) is 17.8 Å². The smallest absolute Gasteiger partial charge is 0.332 e. The van der Waals surface area contributed by atoms with Gasteiger partial charge in [-0.2, -0.15) is 0 Å². The Morgan fingerprint density at radius 3 is 2.73 bits per heavy atom. The van der Waals surface area contributed by atoms with Crippen molar-refractivity contribution in [3.8, 4) is 0 Å². The van der Waals surface area contributed by atoms with Crippen LogP contribution in [-0.2, 0) is 4.79 Å². The summed E-state index contributed by atoms with van der Waals surface area (Å²) in [5, 5.41) is 11.9. The number of carboxylic acid groups (broad SMARTS) is 1. The molecule has 15 heavy (non-hydrogen) atoms. The van der Waals surface area contributed by atoms with Crippen LogP contribution in [0.3, 0.4) is 0 Å². The number of fused-ring (bicyclic) bond motifs is 2. The third kappa shape index (κ3) is 2.40. The minimum atomic E-state index is -0.893. The number of hydrogen-bond acceptors (Lipinski definition) is 2. The molecule has 0 heterocycles. The summed E-state index contributed by atoms with van der Waals surface area (Å²) in [5.74, 6) is 1.76. The lowest BCUT2D eigenvalue weighted by Crippen LogP contribution is -2.29. The Labute approximate surface area is 90.6 Å². The average molecular weight is 209 g/mol. The van der Waals surface area contributed by atoms with Crippen LogP contribution in [0.5, 0.6) is 0 Å². The second-order valence-electron chi connectivity index (χ2n) is 4.97. The van der Waals surface area contributed by atoms with Crippen molar-refractivity contribution in [2.75, 3.05) is 13.1 Å². The summed E-state index contributed by atoms with van der Waals surface area (Å²) in [5.41, 5.74) is 0.262. The zero-order chi connectivity index (χ0) is 10.8. The molecular formula is C12H19NO2. The van der Waals surface area contributed by atoms with Crippen LogP contribution in [-0.4, -0.2) is 24.2 Å². The molecule has 3 unspecified atom stereocenters. The van der Waals surface area contributed by atoms with Crippen molar-refractivity contribution in [2.45, 2.75) is 25.7 Å². The summed E-state index contributed by atoms with van der Waals surface area (Å²) in [7, 11) is 0. The van der Waals surface area contributed by atoms with E-state index < -0.39 is 5.97 Å². The lowest BCUT2D eigenvalue weighted by molar-refractivity contribution is -0.132. The summed E-state index contributed by atoms with van der Waals surface area (Å²) in [6.45, 7) is 4.89. The third-order valence-corrected chi connectivity index (χ3v) is 3.93. The Hall–Kier alpha value is -0.830. The Morgan fingerprint density at radius 1 is 1.40 bits per heavy atom. The Bertz CT molecular complexity index is 275. The van der Waals surface area contributed by atoms with Gasteiger partial charge in [0.1, 0.15) is 0 Å². The number of rotatable bonds is 5. The van der Waals surface area contributed by atoms with Crippen LogP contribution in [0.15, 0.2) is 12.2 Å². The fourth-order valence-corrected chi connectivity index (χ4v) is 3.11. The van der Waals surface area contributed by atoms with Crippen LogP contribution in [0.25, 0.3) is 0 Å². The van der Waals surface area contributed by atoms with Gasteiger partial charge in [0.25, 0.3) is 0 Å². The predicted octanol–water partition coefficient (Wildman–Crippen LogP) is 1.65. The number of hydrogen-bond donors (Lipinski definition) is 2. The van der Waals surface area contributed by atoms with E-state index in [1.54, 1.807) is 0 Å². The molecule has 3 nitrogen and oxygen atoms in total. The van der Waals surface area contributed by atoms with E-state index in [2.05, 4.69) is 11.9 Å². The molecule has 2 aliphatic carbocycles. The molecule has 0 aromatic heterocycles. The third-order valence-electron chi connectivity index (χ3n) is 3.93. The standard InChI is InChI=1S/C12H19NO2/c1-8(12(14)15)6-13-7-11-5-9-2-3-10(11)4-9/h9-11,13H,1-7H2,(H,14,15). The van der Waals surface area contributed by atoms with Crippen LogP contribution in [0, 0.1) is 17.8 Å². The highest BCUT2D eigenvalue weighted by atomic mass is 16.4. The highest BCUT2D eigenvalue weighted by Crippen LogP contribution is 2.47. The molecule has 2 bridgehead atoms. The van der Waals surface area contributed by atoms with Crippen LogP contribution in [0.1, 0.15) is 25.7 Å². The van der Waals surface area contributed by atoms with E-state index >= 15 is 0 Å².